The number of rotatable bonds is 5. The molecule has 0 bridgehead atoms. The van der Waals surface area contributed by atoms with Gasteiger partial charge in [-0.1, -0.05) is 37.1 Å². The molecule has 0 amide bonds. The van der Waals surface area contributed by atoms with Crippen molar-refractivity contribution in [3.63, 3.8) is 0 Å². The third-order valence-electron chi connectivity index (χ3n) is 3.86. The van der Waals surface area contributed by atoms with Crippen molar-refractivity contribution in [2.45, 2.75) is 32.9 Å². The van der Waals surface area contributed by atoms with E-state index in [1.807, 2.05) is 42.5 Å². The Morgan fingerprint density at radius 2 is 2.04 bits per heavy atom. The van der Waals surface area contributed by atoms with Gasteiger partial charge in [0.2, 0.25) is 0 Å². The molecule has 3 heteroatoms. The van der Waals surface area contributed by atoms with Crippen LogP contribution in [0.1, 0.15) is 30.8 Å². The first-order chi connectivity index (χ1) is 11.2. The molecule has 0 radical (unpaired) electrons. The van der Waals surface area contributed by atoms with Gasteiger partial charge in [0.15, 0.2) is 11.9 Å². The second kappa shape index (κ2) is 6.58. The Morgan fingerprint density at radius 3 is 2.78 bits per heavy atom. The quantitative estimate of drug-likeness (QED) is 0.649. The highest BCUT2D eigenvalue weighted by Gasteiger charge is 2.20. The van der Waals surface area contributed by atoms with Gasteiger partial charge in [-0.05, 0) is 43.2 Å². The standard InChI is InChI=1S/C20H20N2O/c1-4-13-22-18-12-7-6-11-17(18)21-20(22)19(5-2)23-16-10-8-9-15(3)14-16/h1,6-12,14,19H,5,13H2,2-3H3. The van der Waals surface area contributed by atoms with Crippen molar-refractivity contribution in [3.8, 4) is 18.1 Å². The molecule has 1 atom stereocenters. The Labute approximate surface area is 136 Å². The van der Waals surface area contributed by atoms with Crippen molar-refractivity contribution >= 4 is 11.0 Å². The number of aromatic nitrogens is 2. The maximum absolute atomic E-state index is 6.20. The molecule has 1 aromatic heterocycles. The van der Waals surface area contributed by atoms with Crippen LogP contribution in [-0.4, -0.2) is 9.55 Å². The van der Waals surface area contributed by atoms with Gasteiger partial charge in [-0.3, -0.25) is 0 Å². The van der Waals surface area contributed by atoms with Crippen molar-refractivity contribution in [2.24, 2.45) is 0 Å². The molecule has 0 aliphatic carbocycles. The predicted molar refractivity (Wildman–Crippen MR) is 93.4 cm³/mol. The zero-order chi connectivity index (χ0) is 16.2. The Hall–Kier alpha value is -2.73. The van der Waals surface area contributed by atoms with Crippen molar-refractivity contribution in [2.75, 3.05) is 0 Å². The smallest absolute Gasteiger partial charge is 0.156 e. The largest absolute Gasteiger partial charge is 0.483 e. The van der Waals surface area contributed by atoms with Gasteiger partial charge >= 0.3 is 0 Å². The van der Waals surface area contributed by atoms with Crippen LogP contribution in [0.15, 0.2) is 48.5 Å². The van der Waals surface area contributed by atoms with E-state index in [9.17, 15) is 0 Å². The van der Waals surface area contributed by atoms with Gasteiger partial charge in [-0.25, -0.2) is 4.98 Å². The lowest BCUT2D eigenvalue weighted by atomic mass is 10.2. The third kappa shape index (κ3) is 3.07. The monoisotopic (exact) mass is 304 g/mol. The summed E-state index contributed by atoms with van der Waals surface area (Å²) in [6.45, 7) is 4.64. The molecule has 23 heavy (non-hydrogen) atoms. The number of aryl methyl sites for hydroxylation is 1. The molecule has 0 fully saturated rings. The zero-order valence-electron chi connectivity index (χ0n) is 13.5. The van der Waals surface area contributed by atoms with E-state index in [-0.39, 0.29) is 6.10 Å². The summed E-state index contributed by atoms with van der Waals surface area (Å²) in [6, 6.07) is 16.1. The molecule has 0 aliphatic rings. The Bertz CT molecular complexity index is 857. The summed E-state index contributed by atoms with van der Waals surface area (Å²) in [5.41, 5.74) is 3.17. The van der Waals surface area contributed by atoms with Crippen LogP contribution in [0.25, 0.3) is 11.0 Å². The first-order valence-corrected chi connectivity index (χ1v) is 7.85. The number of benzene rings is 2. The summed E-state index contributed by atoms with van der Waals surface area (Å²) >= 11 is 0. The molecule has 1 heterocycles. The highest BCUT2D eigenvalue weighted by Crippen LogP contribution is 2.27. The van der Waals surface area contributed by atoms with Gasteiger partial charge in [0.1, 0.15) is 5.75 Å². The molecule has 0 saturated heterocycles. The summed E-state index contributed by atoms with van der Waals surface area (Å²) in [6.07, 6.45) is 6.25. The highest BCUT2D eigenvalue weighted by atomic mass is 16.5. The van der Waals surface area contributed by atoms with E-state index in [0.717, 1.165) is 29.0 Å². The Morgan fingerprint density at radius 1 is 1.22 bits per heavy atom. The van der Waals surface area contributed by atoms with Crippen LogP contribution >= 0.6 is 0 Å². The number of nitrogens with zero attached hydrogens (tertiary/aromatic N) is 2. The zero-order valence-corrected chi connectivity index (χ0v) is 13.5. The van der Waals surface area contributed by atoms with E-state index >= 15 is 0 Å². The van der Waals surface area contributed by atoms with Crippen LogP contribution in [0.5, 0.6) is 5.75 Å². The average Bonchev–Trinajstić information content (AvgIpc) is 2.92. The fraction of sp³-hybridized carbons (Fsp3) is 0.250. The predicted octanol–water partition coefficient (Wildman–Crippen LogP) is 4.51. The second-order valence-corrected chi connectivity index (χ2v) is 5.58. The number of terminal acetylenes is 1. The third-order valence-corrected chi connectivity index (χ3v) is 3.86. The molecular formula is C20H20N2O. The van der Waals surface area contributed by atoms with E-state index in [1.54, 1.807) is 0 Å². The van der Waals surface area contributed by atoms with Crippen LogP contribution in [0, 0.1) is 19.3 Å². The number of hydrogen-bond donors (Lipinski definition) is 0. The number of para-hydroxylation sites is 2. The minimum Gasteiger partial charge on any atom is -0.483 e. The van der Waals surface area contributed by atoms with E-state index < -0.39 is 0 Å². The molecular weight excluding hydrogens is 284 g/mol. The molecule has 0 spiro atoms. The number of fused-ring (bicyclic) bond motifs is 1. The SMILES string of the molecule is C#CCn1c(C(CC)Oc2cccc(C)c2)nc2ccccc21. The van der Waals surface area contributed by atoms with Crippen molar-refractivity contribution in [3.05, 3.63) is 59.9 Å². The lowest BCUT2D eigenvalue weighted by Crippen LogP contribution is -2.14. The maximum Gasteiger partial charge on any atom is 0.156 e. The maximum atomic E-state index is 6.20. The van der Waals surface area contributed by atoms with Gasteiger partial charge < -0.3 is 9.30 Å². The number of ether oxygens (including phenoxy) is 1. The minimum absolute atomic E-state index is 0.127. The fourth-order valence-corrected chi connectivity index (χ4v) is 2.77. The Kier molecular flexibility index (Phi) is 4.34. The molecule has 116 valence electrons. The van der Waals surface area contributed by atoms with Crippen molar-refractivity contribution < 1.29 is 4.74 Å². The summed E-state index contributed by atoms with van der Waals surface area (Å²) in [5, 5.41) is 0. The van der Waals surface area contributed by atoms with E-state index in [2.05, 4.69) is 30.4 Å². The molecule has 1 unspecified atom stereocenters. The number of imidazole rings is 1. The first-order valence-electron chi connectivity index (χ1n) is 7.85. The fourth-order valence-electron chi connectivity index (χ4n) is 2.77. The molecule has 0 saturated carbocycles. The van der Waals surface area contributed by atoms with E-state index in [4.69, 9.17) is 16.1 Å². The van der Waals surface area contributed by atoms with Crippen LogP contribution in [0.3, 0.4) is 0 Å². The van der Waals surface area contributed by atoms with Crippen molar-refractivity contribution in [1.82, 2.24) is 9.55 Å². The summed E-state index contributed by atoms with van der Waals surface area (Å²) in [7, 11) is 0. The van der Waals surface area contributed by atoms with E-state index in [1.165, 1.54) is 5.56 Å². The van der Waals surface area contributed by atoms with Crippen LogP contribution in [-0.2, 0) is 6.54 Å². The second-order valence-electron chi connectivity index (χ2n) is 5.58. The van der Waals surface area contributed by atoms with Gasteiger partial charge in [-0.15, -0.1) is 6.42 Å². The molecule has 0 aliphatic heterocycles. The van der Waals surface area contributed by atoms with Gasteiger partial charge in [0.05, 0.1) is 17.6 Å². The minimum atomic E-state index is -0.127. The average molecular weight is 304 g/mol. The molecule has 3 nitrogen and oxygen atoms in total. The van der Waals surface area contributed by atoms with Gasteiger partial charge in [0.25, 0.3) is 0 Å². The van der Waals surface area contributed by atoms with E-state index in [0.29, 0.717) is 6.54 Å². The topological polar surface area (TPSA) is 27.1 Å². The molecule has 3 rings (SSSR count). The van der Waals surface area contributed by atoms with Crippen LogP contribution in [0.2, 0.25) is 0 Å². The summed E-state index contributed by atoms with van der Waals surface area (Å²) in [5.74, 6) is 4.46. The summed E-state index contributed by atoms with van der Waals surface area (Å²) in [4.78, 5) is 4.76. The molecule has 0 N–H and O–H groups in total. The molecule has 3 aromatic rings. The summed E-state index contributed by atoms with van der Waals surface area (Å²) < 4.78 is 8.26. The Balaban J connectivity index is 2.02. The van der Waals surface area contributed by atoms with Crippen LogP contribution < -0.4 is 4.74 Å². The lowest BCUT2D eigenvalue weighted by molar-refractivity contribution is 0.187. The molecule has 2 aromatic carbocycles. The highest BCUT2D eigenvalue weighted by molar-refractivity contribution is 5.76. The van der Waals surface area contributed by atoms with Gasteiger partial charge in [-0.2, -0.15) is 0 Å². The number of hydrogen-bond acceptors (Lipinski definition) is 2. The lowest BCUT2D eigenvalue weighted by Gasteiger charge is -2.18. The first kappa shape index (κ1) is 15.2. The normalized spacial score (nSPS) is 12.0. The van der Waals surface area contributed by atoms with Crippen LogP contribution in [0.4, 0.5) is 0 Å². The van der Waals surface area contributed by atoms with Gasteiger partial charge in [0, 0.05) is 0 Å². The van der Waals surface area contributed by atoms with Crippen molar-refractivity contribution in [1.29, 1.82) is 0 Å².